The quantitative estimate of drug-likeness (QED) is 0.152. The number of methoxy groups -OCH3 is 2. The molecule has 0 aromatic heterocycles. The molecule has 0 radical (unpaired) electrons. The Morgan fingerprint density at radius 1 is 0.580 bits per heavy atom. The van der Waals surface area contributed by atoms with E-state index in [-0.39, 0.29) is 14.5 Å². The van der Waals surface area contributed by atoms with Crippen molar-refractivity contribution in [1.29, 1.82) is 0 Å². The van der Waals surface area contributed by atoms with E-state index in [1.54, 1.807) is 17.5 Å². The van der Waals surface area contributed by atoms with Gasteiger partial charge in [-0.3, -0.25) is 0 Å². The first-order valence-corrected chi connectivity index (χ1v) is 23.7. The van der Waals surface area contributed by atoms with E-state index >= 15 is 0 Å². The molecule has 0 spiro atoms. The second-order valence-electron chi connectivity index (χ2n) is 15.6. The molecule has 3 heteroatoms. The van der Waals surface area contributed by atoms with E-state index in [1.165, 1.54) is 50.1 Å². The van der Waals surface area contributed by atoms with Crippen molar-refractivity contribution in [3.63, 3.8) is 0 Å². The Balaban J connectivity index is 1.61. The molecule has 0 saturated carbocycles. The Kier molecular flexibility index (Phi) is 9.33. The predicted molar refractivity (Wildman–Crippen MR) is 208 cm³/mol. The van der Waals surface area contributed by atoms with Gasteiger partial charge in [-0.1, -0.05) is 0 Å². The average molecular weight is 823 g/mol. The summed E-state index contributed by atoms with van der Waals surface area (Å²) in [7, 11) is 3.49. The van der Waals surface area contributed by atoms with Gasteiger partial charge in [-0.15, -0.1) is 0 Å². The molecule has 2 aliphatic carbocycles. The zero-order valence-corrected chi connectivity index (χ0v) is 34.3. The number of para-hydroxylation sites is 1. The van der Waals surface area contributed by atoms with Gasteiger partial charge in [0, 0.05) is 0 Å². The van der Waals surface area contributed by atoms with Crippen LogP contribution >= 0.6 is 0 Å². The van der Waals surface area contributed by atoms with Gasteiger partial charge in [0.25, 0.3) is 0 Å². The van der Waals surface area contributed by atoms with Crippen LogP contribution in [-0.2, 0) is 31.8 Å². The van der Waals surface area contributed by atoms with Crippen LogP contribution in [0.5, 0.6) is 11.5 Å². The van der Waals surface area contributed by atoms with E-state index in [2.05, 4.69) is 169 Å². The van der Waals surface area contributed by atoms with Crippen LogP contribution in [0.2, 0.25) is 3.67 Å². The fourth-order valence-corrected chi connectivity index (χ4v) is 22.3. The van der Waals surface area contributed by atoms with Crippen LogP contribution in [0.3, 0.4) is 0 Å². The van der Waals surface area contributed by atoms with Gasteiger partial charge in [-0.25, -0.2) is 0 Å². The van der Waals surface area contributed by atoms with Crippen molar-refractivity contribution in [1.82, 2.24) is 0 Å². The average Bonchev–Trinajstić information content (AvgIpc) is 3.72. The van der Waals surface area contributed by atoms with Gasteiger partial charge in [0.1, 0.15) is 0 Å². The standard InChI is InChI=1S/C21H25.C13H13O2.C13H10.Hf/c1-20(2,3)16-7-9-18-14(12-16)11-15-13-17(21(4,5)6)8-10-19(15)18;1-14-12-9-5-8-11(13(12)15-2)10-6-3-4-7-10;1-3-7-12(8-4-1)11-13-9-5-2-6-10-13;/h7-13H,1-6H3;3-9H,1-2H3;1-10H;. The Hall–Kier alpha value is -4.08. The number of allylic oxidation sites excluding steroid dienone is 4. The van der Waals surface area contributed by atoms with Gasteiger partial charge in [0.15, 0.2) is 0 Å². The normalized spacial score (nSPS) is 15.4. The summed E-state index contributed by atoms with van der Waals surface area (Å²) in [5.41, 5.74) is 13.8. The molecule has 0 aliphatic heterocycles. The van der Waals surface area contributed by atoms with Crippen molar-refractivity contribution in [2.24, 2.45) is 0 Å². The maximum absolute atomic E-state index is 6.11. The summed E-state index contributed by atoms with van der Waals surface area (Å²) in [4.78, 5) is 0. The first kappa shape index (κ1) is 34.4. The van der Waals surface area contributed by atoms with E-state index in [1.807, 2.05) is 6.07 Å². The number of fused-ring (bicyclic) bond motifs is 3. The zero-order chi connectivity index (χ0) is 35.2. The molecule has 0 bridgehead atoms. The Bertz CT molecular complexity index is 2030. The summed E-state index contributed by atoms with van der Waals surface area (Å²) in [5, 5.41) is 0. The van der Waals surface area contributed by atoms with E-state index in [0.29, 0.717) is 3.67 Å². The minimum absolute atomic E-state index is 0.0357. The first-order valence-electron chi connectivity index (χ1n) is 17.7. The molecule has 1 atom stereocenters. The second kappa shape index (κ2) is 13.6. The number of hydrogen-bond donors (Lipinski definition) is 0. The molecule has 1 unspecified atom stereocenters. The summed E-state index contributed by atoms with van der Waals surface area (Å²) in [6.07, 6.45) is 7.15. The molecule has 5 aromatic rings. The van der Waals surface area contributed by atoms with Crippen molar-refractivity contribution in [2.45, 2.75) is 59.7 Å². The third-order valence-corrected chi connectivity index (χ3v) is 23.3. The summed E-state index contributed by atoms with van der Waals surface area (Å²) in [6, 6.07) is 43.5. The second-order valence-corrected chi connectivity index (χ2v) is 25.0. The van der Waals surface area contributed by atoms with Gasteiger partial charge in [-0.2, -0.15) is 0 Å². The van der Waals surface area contributed by atoms with Crippen molar-refractivity contribution in [2.75, 3.05) is 14.2 Å². The Morgan fingerprint density at radius 2 is 1.12 bits per heavy atom. The fraction of sp³-hybridized carbons (Fsp3) is 0.255. The Morgan fingerprint density at radius 3 is 1.60 bits per heavy atom. The van der Waals surface area contributed by atoms with E-state index in [0.717, 1.165) is 17.1 Å². The predicted octanol–water partition coefficient (Wildman–Crippen LogP) is 11.7. The molecule has 0 amide bonds. The third kappa shape index (κ3) is 6.23. The molecule has 0 fully saturated rings. The monoisotopic (exact) mass is 824 g/mol. The zero-order valence-electron chi connectivity index (χ0n) is 30.7. The van der Waals surface area contributed by atoms with Gasteiger partial charge in [0.05, 0.1) is 0 Å². The molecule has 2 aliphatic rings. The van der Waals surface area contributed by atoms with Crippen molar-refractivity contribution in [3.05, 3.63) is 172 Å². The van der Waals surface area contributed by atoms with Crippen LogP contribution < -0.4 is 9.47 Å². The third-order valence-electron chi connectivity index (χ3n) is 10.4. The van der Waals surface area contributed by atoms with Crippen molar-refractivity contribution in [3.8, 4) is 22.6 Å². The molecule has 0 heterocycles. The van der Waals surface area contributed by atoms with Crippen LogP contribution in [-0.4, -0.2) is 17.5 Å². The number of rotatable bonds is 7. The first-order chi connectivity index (χ1) is 24.0. The molecule has 7 rings (SSSR count). The van der Waals surface area contributed by atoms with Crippen molar-refractivity contribution < 1.29 is 30.4 Å². The van der Waals surface area contributed by atoms with E-state index in [9.17, 15) is 0 Å². The summed E-state index contributed by atoms with van der Waals surface area (Å²) in [5.74, 6) is 1.57. The fourth-order valence-electron chi connectivity index (χ4n) is 7.84. The van der Waals surface area contributed by atoms with Gasteiger partial charge in [-0.05, 0) is 0 Å². The molecule has 252 valence electrons. The van der Waals surface area contributed by atoms with Crippen LogP contribution in [0.15, 0.2) is 133 Å². The molecule has 0 N–H and O–H groups in total. The number of ether oxygens (including phenoxy) is 2. The van der Waals surface area contributed by atoms with E-state index in [4.69, 9.17) is 9.47 Å². The van der Waals surface area contributed by atoms with E-state index < -0.39 is 21.0 Å². The summed E-state index contributed by atoms with van der Waals surface area (Å²) >= 11 is -3.32. The Labute approximate surface area is 306 Å². The topological polar surface area (TPSA) is 18.5 Å². The van der Waals surface area contributed by atoms with Gasteiger partial charge >= 0.3 is 308 Å². The van der Waals surface area contributed by atoms with Gasteiger partial charge < -0.3 is 0 Å². The van der Waals surface area contributed by atoms with Crippen molar-refractivity contribution >= 4 is 8.83 Å². The molecule has 50 heavy (non-hydrogen) atoms. The maximum atomic E-state index is 6.11. The molecule has 5 aromatic carbocycles. The van der Waals surface area contributed by atoms with Gasteiger partial charge in [0.2, 0.25) is 0 Å². The number of hydrogen-bond acceptors (Lipinski definition) is 2. The van der Waals surface area contributed by atoms with Crippen LogP contribution in [0, 0.1) is 0 Å². The van der Waals surface area contributed by atoms with Crippen LogP contribution in [0.1, 0.15) is 84.2 Å². The molecular formula is C47H48HfO2. The van der Waals surface area contributed by atoms with Crippen LogP contribution in [0.25, 0.3) is 16.7 Å². The molecular weight excluding hydrogens is 775 g/mol. The minimum atomic E-state index is -3.32. The number of benzene rings is 5. The molecule has 2 nitrogen and oxygen atoms in total. The summed E-state index contributed by atoms with van der Waals surface area (Å²) in [6.45, 7) is 14.0. The SMILES string of the molecule is COc1cccc(C2=CC=C[CH]2[Hf](=[C](c2ccccc2)c2ccccc2)[CH]2c3cc(C(C)(C)C)ccc3-c3ccc(C(C)(C)C)cc32)c1OC. The molecule has 0 saturated heterocycles. The summed E-state index contributed by atoms with van der Waals surface area (Å²) < 4.78 is 14.1. The van der Waals surface area contributed by atoms with Crippen LogP contribution in [0.4, 0.5) is 0 Å².